The van der Waals surface area contributed by atoms with Gasteiger partial charge in [-0.2, -0.15) is 0 Å². The Morgan fingerprint density at radius 1 is 1.10 bits per heavy atom. The maximum absolute atomic E-state index is 5.91. The fraction of sp³-hybridized carbons (Fsp3) is 0.176. The zero-order valence-corrected chi connectivity index (χ0v) is 12.1. The van der Waals surface area contributed by atoms with Crippen LogP contribution in [-0.4, -0.2) is 4.98 Å². The van der Waals surface area contributed by atoms with Crippen LogP contribution in [-0.2, 0) is 6.54 Å². The molecule has 0 aliphatic heterocycles. The lowest BCUT2D eigenvalue weighted by atomic mass is 10.1. The van der Waals surface area contributed by atoms with Crippen molar-refractivity contribution < 1.29 is 0 Å². The highest BCUT2D eigenvalue weighted by Crippen LogP contribution is 2.18. The molecule has 1 heterocycles. The van der Waals surface area contributed by atoms with Crippen molar-refractivity contribution in [2.45, 2.75) is 19.5 Å². The lowest BCUT2D eigenvalue weighted by molar-refractivity contribution is 0.575. The molecule has 3 aromatic rings. The Kier molecular flexibility index (Phi) is 3.77. The first-order valence-electron chi connectivity index (χ1n) is 6.77. The summed E-state index contributed by atoms with van der Waals surface area (Å²) in [5.41, 5.74) is 3.71. The van der Waals surface area contributed by atoms with Gasteiger partial charge in [-0.3, -0.25) is 0 Å². The molecule has 102 valence electrons. The molecule has 1 atom stereocenters. The van der Waals surface area contributed by atoms with Crippen molar-refractivity contribution in [2.75, 3.05) is 0 Å². The van der Waals surface area contributed by atoms with Crippen LogP contribution in [0.25, 0.3) is 10.9 Å². The standard InChI is InChI=1S/C17H17ClN2/c1-12(14-4-6-16(18)7-5-14)20-11-13-2-3-15-8-9-19-17(15)10-13/h2-10,12,19-20H,11H2,1H3/t12-/m0/s1. The molecule has 2 N–H and O–H groups in total. The third-order valence-corrected chi connectivity index (χ3v) is 3.85. The molecule has 2 nitrogen and oxygen atoms in total. The van der Waals surface area contributed by atoms with Crippen molar-refractivity contribution in [3.05, 3.63) is 70.9 Å². The lowest BCUT2D eigenvalue weighted by Gasteiger charge is -2.14. The average Bonchev–Trinajstić information content (AvgIpc) is 2.93. The van der Waals surface area contributed by atoms with Gasteiger partial charge in [0.15, 0.2) is 0 Å². The number of nitrogens with one attached hydrogen (secondary N) is 2. The van der Waals surface area contributed by atoms with Crippen molar-refractivity contribution in [3.8, 4) is 0 Å². The van der Waals surface area contributed by atoms with E-state index < -0.39 is 0 Å². The van der Waals surface area contributed by atoms with Crippen LogP contribution < -0.4 is 5.32 Å². The highest BCUT2D eigenvalue weighted by Gasteiger charge is 2.05. The Morgan fingerprint density at radius 3 is 2.70 bits per heavy atom. The van der Waals surface area contributed by atoms with Gasteiger partial charge in [0.05, 0.1) is 0 Å². The van der Waals surface area contributed by atoms with Crippen molar-refractivity contribution in [1.29, 1.82) is 0 Å². The molecule has 2 aromatic carbocycles. The Labute approximate surface area is 123 Å². The van der Waals surface area contributed by atoms with Gasteiger partial charge >= 0.3 is 0 Å². The molecule has 0 saturated carbocycles. The van der Waals surface area contributed by atoms with Gasteiger partial charge < -0.3 is 10.3 Å². The number of fused-ring (bicyclic) bond motifs is 1. The zero-order chi connectivity index (χ0) is 13.9. The van der Waals surface area contributed by atoms with Gasteiger partial charge in [0.1, 0.15) is 0 Å². The lowest BCUT2D eigenvalue weighted by Crippen LogP contribution is -2.17. The second kappa shape index (κ2) is 5.70. The normalized spacial score (nSPS) is 12.7. The number of hydrogen-bond acceptors (Lipinski definition) is 1. The first-order valence-corrected chi connectivity index (χ1v) is 7.15. The molecule has 1 aromatic heterocycles. The highest BCUT2D eigenvalue weighted by atomic mass is 35.5. The van der Waals surface area contributed by atoms with Crippen LogP contribution in [0.1, 0.15) is 24.1 Å². The number of hydrogen-bond donors (Lipinski definition) is 2. The van der Waals surface area contributed by atoms with E-state index in [4.69, 9.17) is 11.6 Å². The Morgan fingerprint density at radius 2 is 1.90 bits per heavy atom. The minimum Gasteiger partial charge on any atom is -0.361 e. The first-order chi connectivity index (χ1) is 9.72. The van der Waals surface area contributed by atoms with Crippen molar-refractivity contribution in [2.24, 2.45) is 0 Å². The van der Waals surface area contributed by atoms with Crippen LogP contribution >= 0.6 is 11.6 Å². The topological polar surface area (TPSA) is 27.8 Å². The maximum atomic E-state index is 5.91. The smallest absolute Gasteiger partial charge is 0.0457 e. The summed E-state index contributed by atoms with van der Waals surface area (Å²) in [6, 6.07) is 16.9. The minimum absolute atomic E-state index is 0.298. The molecule has 0 radical (unpaired) electrons. The second-order valence-electron chi connectivity index (χ2n) is 5.05. The SMILES string of the molecule is C[C@H](NCc1ccc2cc[nH]c2c1)c1ccc(Cl)cc1. The van der Waals surface area contributed by atoms with Crippen LogP contribution in [0.15, 0.2) is 54.7 Å². The second-order valence-corrected chi connectivity index (χ2v) is 5.49. The van der Waals surface area contributed by atoms with Crippen molar-refractivity contribution in [3.63, 3.8) is 0 Å². The zero-order valence-electron chi connectivity index (χ0n) is 11.4. The number of H-pyrrole nitrogens is 1. The van der Waals surface area contributed by atoms with Gasteiger partial charge in [0.25, 0.3) is 0 Å². The number of aromatic nitrogens is 1. The van der Waals surface area contributed by atoms with Crippen LogP contribution in [0, 0.1) is 0 Å². The Bertz CT molecular complexity index is 700. The molecule has 0 amide bonds. The van der Waals surface area contributed by atoms with E-state index in [0.29, 0.717) is 6.04 Å². The molecule has 0 spiro atoms. The summed E-state index contributed by atoms with van der Waals surface area (Å²) < 4.78 is 0. The first kappa shape index (κ1) is 13.2. The molecule has 3 rings (SSSR count). The largest absolute Gasteiger partial charge is 0.361 e. The molecule has 0 unspecified atom stereocenters. The molecule has 0 fully saturated rings. The molecular formula is C17H17ClN2. The fourth-order valence-electron chi connectivity index (χ4n) is 2.35. The van der Waals surface area contributed by atoms with E-state index >= 15 is 0 Å². The molecule has 0 saturated heterocycles. The number of aromatic amines is 1. The van der Waals surface area contributed by atoms with Gasteiger partial charge in [0, 0.05) is 29.3 Å². The predicted octanol–water partition coefficient (Wildman–Crippen LogP) is 4.67. The number of rotatable bonds is 4. The van der Waals surface area contributed by atoms with Crippen molar-refractivity contribution >= 4 is 22.5 Å². The summed E-state index contributed by atoms with van der Waals surface area (Å²) in [6.45, 7) is 3.01. The van der Waals surface area contributed by atoms with Gasteiger partial charge in [-0.15, -0.1) is 0 Å². The monoisotopic (exact) mass is 284 g/mol. The Balaban J connectivity index is 1.67. The van der Waals surface area contributed by atoms with E-state index in [-0.39, 0.29) is 0 Å². The molecular weight excluding hydrogens is 268 g/mol. The molecule has 0 bridgehead atoms. The summed E-state index contributed by atoms with van der Waals surface area (Å²) in [5.74, 6) is 0. The van der Waals surface area contributed by atoms with Crippen LogP contribution in [0.3, 0.4) is 0 Å². The van der Waals surface area contributed by atoms with Gasteiger partial charge in [-0.05, 0) is 47.7 Å². The van der Waals surface area contributed by atoms with E-state index in [1.807, 2.05) is 18.3 Å². The molecule has 3 heteroatoms. The third kappa shape index (κ3) is 2.87. The Hall–Kier alpha value is -1.77. The van der Waals surface area contributed by atoms with E-state index in [1.54, 1.807) is 0 Å². The molecule has 0 aliphatic carbocycles. The predicted molar refractivity (Wildman–Crippen MR) is 85.0 cm³/mol. The van der Waals surface area contributed by atoms with Crippen LogP contribution in [0.4, 0.5) is 0 Å². The molecule has 20 heavy (non-hydrogen) atoms. The molecule has 0 aliphatic rings. The quantitative estimate of drug-likeness (QED) is 0.716. The van der Waals surface area contributed by atoms with Gasteiger partial charge in [-0.25, -0.2) is 0 Å². The number of benzene rings is 2. The number of halogens is 1. The summed E-state index contributed by atoms with van der Waals surface area (Å²) >= 11 is 5.91. The summed E-state index contributed by atoms with van der Waals surface area (Å²) in [6.07, 6.45) is 1.97. The fourth-order valence-corrected chi connectivity index (χ4v) is 2.47. The maximum Gasteiger partial charge on any atom is 0.0457 e. The van der Waals surface area contributed by atoms with Crippen molar-refractivity contribution in [1.82, 2.24) is 10.3 Å². The average molecular weight is 285 g/mol. The highest BCUT2D eigenvalue weighted by molar-refractivity contribution is 6.30. The summed E-state index contributed by atoms with van der Waals surface area (Å²) in [7, 11) is 0. The van der Waals surface area contributed by atoms with Gasteiger partial charge in [0.2, 0.25) is 0 Å². The van der Waals surface area contributed by atoms with E-state index in [2.05, 4.69) is 53.6 Å². The van der Waals surface area contributed by atoms with Gasteiger partial charge in [-0.1, -0.05) is 35.9 Å². The van der Waals surface area contributed by atoms with E-state index in [1.165, 1.54) is 22.0 Å². The minimum atomic E-state index is 0.298. The van der Waals surface area contributed by atoms with E-state index in [9.17, 15) is 0 Å². The van der Waals surface area contributed by atoms with Crippen LogP contribution in [0.2, 0.25) is 5.02 Å². The third-order valence-electron chi connectivity index (χ3n) is 3.60. The van der Waals surface area contributed by atoms with Crippen LogP contribution in [0.5, 0.6) is 0 Å². The van der Waals surface area contributed by atoms with E-state index in [0.717, 1.165) is 11.6 Å². The summed E-state index contributed by atoms with van der Waals surface area (Å²) in [5, 5.41) is 5.56. The summed E-state index contributed by atoms with van der Waals surface area (Å²) in [4.78, 5) is 3.24.